The number of nitrogens with one attached hydrogen (secondary N) is 2. The topological polar surface area (TPSA) is 44.9 Å². The summed E-state index contributed by atoms with van der Waals surface area (Å²) in [6.45, 7) is 3.89. The van der Waals surface area contributed by atoms with Crippen molar-refractivity contribution in [3.63, 3.8) is 0 Å². The molecule has 0 saturated carbocycles. The van der Waals surface area contributed by atoms with Crippen molar-refractivity contribution in [1.82, 2.24) is 10.3 Å². The number of amides is 1. The molecule has 1 heterocycles. The minimum atomic E-state index is -0.0544. The van der Waals surface area contributed by atoms with Crippen LogP contribution >= 0.6 is 0 Å². The van der Waals surface area contributed by atoms with Crippen LogP contribution in [0, 0.1) is 0 Å². The van der Waals surface area contributed by atoms with Crippen molar-refractivity contribution in [3.8, 4) is 0 Å². The van der Waals surface area contributed by atoms with Crippen LogP contribution in [0.15, 0.2) is 30.3 Å². The van der Waals surface area contributed by atoms with Gasteiger partial charge in [0.05, 0.1) is 0 Å². The van der Waals surface area contributed by atoms with Crippen molar-refractivity contribution in [3.05, 3.63) is 36.0 Å². The van der Waals surface area contributed by atoms with E-state index < -0.39 is 0 Å². The first-order chi connectivity index (χ1) is 7.16. The van der Waals surface area contributed by atoms with E-state index in [9.17, 15) is 4.79 Å². The summed E-state index contributed by atoms with van der Waals surface area (Å²) in [5, 5.41) is 3.91. The standard InChI is InChI=1S/C12H14N2O/c1-8(2)13-12(15)11-7-9-5-3-4-6-10(9)14-11/h3-8,14H,1-2H3,(H,13,15). The molecule has 0 aliphatic carbocycles. The van der Waals surface area contributed by atoms with Gasteiger partial charge in [0.25, 0.3) is 5.91 Å². The average Bonchev–Trinajstić information content (AvgIpc) is 2.59. The third-order valence-electron chi connectivity index (χ3n) is 2.19. The second-order valence-corrected chi connectivity index (χ2v) is 3.90. The highest BCUT2D eigenvalue weighted by Crippen LogP contribution is 2.14. The second kappa shape index (κ2) is 3.77. The van der Waals surface area contributed by atoms with Gasteiger partial charge in [-0.25, -0.2) is 0 Å². The lowest BCUT2D eigenvalue weighted by molar-refractivity contribution is 0.0939. The lowest BCUT2D eigenvalue weighted by Gasteiger charge is -2.05. The van der Waals surface area contributed by atoms with E-state index in [4.69, 9.17) is 0 Å². The molecule has 1 aromatic heterocycles. The number of carbonyl (C=O) groups excluding carboxylic acids is 1. The molecule has 3 heteroatoms. The molecule has 0 aliphatic heterocycles. The quantitative estimate of drug-likeness (QED) is 0.771. The molecule has 78 valence electrons. The zero-order valence-electron chi connectivity index (χ0n) is 8.87. The molecular weight excluding hydrogens is 188 g/mol. The van der Waals surface area contributed by atoms with Crippen LogP contribution in [0.5, 0.6) is 0 Å². The fourth-order valence-electron chi connectivity index (χ4n) is 1.54. The number of carbonyl (C=O) groups is 1. The van der Waals surface area contributed by atoms with Crippen molar-refractivity contribution in [1.29, 1.82) is 0 Å². The van der Waals surface area contributed by atoms with Crippen LogP contribution < -0.4 is 5.32 Å². The van der Waals surface area contributed by atoms with Gasteiger partial charge in [-0.2, -0.15) is 0 Å². The Morgan fingerprint density at radius 2 is 2.07 bits per heavy atom. The summed E-state index contributed by atoms with van der Waals surface area (Å²) in [6.07, 6.45) is 0. The van der Waals surface area contributed by atoms with Crippen LogP contribution in [-0.4, -0.2) is 16.9 Å². The molecule has 2 aromatic rings. The molecule has 0 unspecified atom stereocenters. The van der Waals surface area contributed by atoms with E-state index in [0.29, 0.717) is 5.69 Å². The Labute approximate surface area is 88.5 Å². The summed E-state index contributed by atoms with van der Waals surface area (Å²) in [7, 11) is 0. The van der Waals surface area contributed by atoms with Crippen LogP contribution in [0.25, 0.3) is 10.9 Å². The molecule has 0 radical (unpaired) electrons. The minimum absolute atomic E-state index is 0.0544. The average molecular weight is 202 g/mol. The monoisotopic (exact) mass is 202 g/mol. The summed E-state index contributed by atoms with van der Waals surface area (Å²) in [5.41, 5.74) is 1.61. The fraction of sp³-hybridized carbons (Fsp3) is 0.250. The number of rotatable bonds is 2. The maximum Gasteiger partial charge on any atom is 0.267 e. The lowest BCUT2D eigenvalue weighted by Crippen LogP contribution is -2.30. The Bertz CT molecular complexity index is 452. The van der Waals surface area contributed by atoms with Crippen LogP contribution in [0.3, 0.4) is 0 Å². The Morgan fingerprint density at radius 1 is 1.33 bits per heavy atom. The number of hydrogen-bond donors (Lipinski definition) is 2. The van der Waals surface area contributed by atoms with Crippen LogP contribution in [0.2, 0.25) is 0 Å². The largest absolute Gasteiger partial charge is 0.351 e. The minimum Gasteiger partial charge on any atom is -0.351 e. The number of para-hydroxylation sites is 1. The first kappa shape index (κ1) is 9.77. The number of H-pyrrole nitrogens is 1. The van der Waals surface area contributed by atoms with Crippen molar-refractivity contribution in [2.45, 2.75) is 19.9 Å². The highest BCUT2D eigenvalue weighted by atomic mass is 16.1. The predicted octanol–water partition coefficient (Wildman–Crippen LogP) is 2.31. The van der Waals surface area contributed by atoms with Crippen molar-refractivity contribution < 1.29 is 4.79 Å². The number of aromatic amines is 1. The molecule has 0 bridgehead atoms. The van der Waals surface area contributed by atoms with E-state index in [-0.39, 0.29) is 11.9 Å². The van der Waals surface area contributed by atoms with E-state index in [2.05, 4.69) is 10.3 Å². The van der Waals surface area contributed by atoms with E-state index in [1.54, 1.807) is 0 Å². The second-order valence-electron chi connectivity index (χ2n) is 3.90. The van der Waals surface area contributed by atoms with Crippen molar-refractivity contribution >= 4 is 16.8 Å². The zero-order chi connectivity index (χ0) is 10.8. The molecule has 3 nitrogen and oxygen atoms in total. The molecule has 15 heavy (non-hydrogen) atoms. The molecule has 1 aromatic carbocycles. The van der Waals surface area contributed by atoms with Gasteiger partial charge in [-0.05, 0) is 26.0 Å². The Hall–Kier alpha value is -1.77. The van der Waals surface area contributed by atoms with Crippen molar-refractivity contribution in [2.75, 3.05) is 0 Å². The molecule has 0 atom stereocenters. The number of hydrogen-bond acceptors (Lipinski definition) is 1. The SMILES string of the molecule is CC(C)NC(=O)c1cc2ccccc2[nH]1. The normalized spacial score (nSPS) is 10.9. The summed E-state index contributed by atoms with van der Waals surface area (Å²) in [6, 6.07) is 9.87. The van der Waals surface area contributed by atoms with Gasteiger partial charge in [-0.3, -0.25) is 4.79 Å². The fourth-order valence-corrected chi connectivity index (χ4v) is 1.54. The molecule has 0 saturated heterocycles. The van der Waals surface area contributed by atoms with Gasteiger partial charge in [0.15, 0.2) is 0 Å². The predicted molar refractivity (Wildman–Crippen MR) is 60.9 cm³/mol. The highest BCUT2D eigenvalue weighted by Gasteiger charge is 2.09. The smallest absolute Gasteiger partial charge is 0.267 e. The molecular formula is C12H14N2O. The lowest BCUT2D eigenvalue weighted by atomic mass is 10.2. The van der Waals surface area contributed by atoms with Gasteiger partial charge in [0.1, 0.15) is 5.69 Å². The first-order valence-corrected chi connectivity index (χ1v) is 5.05. The van der Waals surface area contributed by atoms with Crippen LogP contribution in [0.4, 0.5) is 0 Å². The van der Waals surface area contributed by atoms with E-state index in [0.717, 1.165) is 10.9 Å². The molecule has 2 N–H and O–H groups in total. The third-order valence-corrected chi connectivity index (χ3v) is 2.19. The van der Waals surface area contributed by atoms with Crippen LogP contribution in [0.1, 0.15) is 24.3 Å². The van der Waals surface area contributed by atoms with Crippen molar-refractivity contribution in [2.24, 2.45) is 0 Å². The summed E-state index contributed by atoms with van der Waals surface area (Å²) in [4.78, 5) is 14.8. The molecule has 0 fully saturated rings. The summed E-state index contributed by atoms with van der Waals surface area (Å²) < 4.78 is 0. The number of aromatic nitrogens is 1. The third kappa shape index (κ3) is 2.01. The van der Waals surface area contributed by atoms with Gasteiger partial charge in [-0.15, -0.1) is 0 Å². The van der Waals surface area contributed by atoms with E-state index in [1.807, 2.05) is 44.2 Å². The Morgan fingerprint density at radius 3 is 2.73 bits per heavy atom. The number of fused-ring (bicyclic) bond motifs is 1. The van der Waals surface area contributed by atoms with Gasteiger partial charge >= 0.3 is 0 Å². The zero-order valence-corrected chi connectivity index (χ0v) is 8.87. The summed E-state index contributed by atoms with van der Waals surface area (Å²) in [5.74, 6) is -0.0544. The maximum atomic E-state index is 11.7. The van der Waals surface area contributed by atoms with E-state index >= 15 is 0 Å². The molecule has 0 aliphatic rings. The molecule has 1 amide bonds. The number of benzene rings is 1. The van der Waals surface area contributed by atoms with Gasteiger partial charge in [-0.1, -0.05) is 18.2 Å². The highest BCUT2D eigenvalue weighted by molar-refractivity contribution is 5.98. The first-order valence-electron chi connectivity index (χ1n) is 5.05. The van der Waals surface area contributed by atoms with Crippen LogP contribution in [-0.2, 0) is 0 Å². The Balaban J connectivity index is 2.32. The van der Waals surface area contributed by atoms with Gasteiger partial charge < -0.3 is 10.3 Å². The summed E-state index contributed by atoms with van der Waals surface area (Å²) >= 11 is 0. The Kier molecular flexibility index (Phi) is 2.46. The molecule has 0 spiro atoms. The van der Waals surface area contributed by atoms with E-state index in [1.165, 1.54) is 0 Å². The van der Waals surface area contributed by atoms with Gasteiger partial charge in [0, 0.05) is 16.9 Å². The molecule has 2 rings (SSSR count). The van der Waals surface area contributed by atoms with Gasteiger partial charge in [0.2, 0.25) is 0 Å². The maximum absolute atomic E-state index is 11.7.